The number of aromatic nitrogens is 3. The van der Waals surface area contributed by atoms with Gasteiger partial charge in [-0.25, -0.2) is 4.39 Å². The summed E-state index contributed by atoms with van der Waals surface area (Å²) in [5.74, 6) is 0.833. The Bertz CT molecular complexity index is 887. The molecule has 0 aliphatic rings. The van der Waals surface area contributed by atoms with Crippen LogP contribution >= 0.6 is 0 Å². The number of nitrogens with one attached hydrogen (secondary N) is 2. The molecule has 134 valence electrons. The van der Waals surface area contributed by atoms with E-state index in [9.17, 15) is 4.39 Å². The van der Waals surface area contributed by atoms with Crippen LogP contribution in [-0.2, 0) is 6.42 Å². The molecular formula is C20H22FN5. The van der Waals surface area contributed by atoms with Gasteiger partial charge >= 0.3 is 0 Å². The number of nitrogens with zero attached hydrogens (tertiary/aromatic N) is 3. The molecule has 0 radical (unpaired) electrons. The minimum atomic E-state index is -0.192. The number of halogens is 1. The van der Waals surface area contributed by atoms with E-state index in [-0.39, 0.29) is 5.82 Å². The van der Waals surface area contributed by atoms with Gasteiger partial charge in [0.2, 0.25) is 5.95 Å². The van der Waals surface area contributed by atoms with Crippen molar-refractivity contribution in [1.29, 1.82) is 0 Å². The summed E-state index contributed by atoms with van der Waals surface area (Å²) in [6.07, 6.45) is 2.12. The second-order valence-electron chi connectivity index (χ2n) is 6.33. The van der Waals surface area contributed by atoms with Gasteiger partial charge in [-0.2, -0.15) is 10.1 Å². The third kappa shape index (κ3) is 4.33. The first-order valence-corrected chi connectivity index (χ1v) is 8.55. The first-order chi connectivity index (χ1) is 12.5. The van der Waals surface area contributed by atoms with Gasteiger partial charge in [-0.1, -0.05) is 35.9 Å². The highest BCUT2D eigenvalue weighted by molar-refractivity contribution is 5.64. The maximum atomic E-state index is 13.7. The zero-order chi connectivity index (χ0) is 18.5. The summed E-state index contributed by atoms with van der Waals surface area (Å²) in [6.45, 7) is 6.72. The highest BCUT2D eigenvalue weighted by Gasteiger charge is 2.07. The highest BCUT2D eigenvalue weighted by Crippen LogP contribution is 2.24. The van der Waals surface area contributed by atoms with Crippen LogP contribution in [0, 0.1) is 26.6 Å². The summed E-state index contributed by atoms with van der Waals surface area (Å²) < 4.78 is 13.7. The molecule has 2 N–H and O–H groups in total. The maximum Gasteiger partial charge on any atom is 0.249 e. The number of anilines is 3. The van der Waals surface area contributed by atoms with Crippen LogP contribution in [0.1, 0.15) is 22.3 Å². The Morgan fingerprint density at radius 3 is 2.50 bits per heavy atom. The van der Waals surface area contributed by atoms with Gasteiger partial charge in [-0.05, 0) is 49.9 Å². The van der Waals surface area contributed by atoms with Crippen LogP contribution in [0.15, 0.2) is 42.6 Å². The highest BCUT2D eigenvalue weighted by atomic mass is 19.1. The quantitative estimate of drug-likeness (QED) is 0.692. The van der Waals surface area contributed by atoms with E-state index in [1.807, 2.05) is 19.9 Å². The van der Waals surface area contributed by atoms with Gasteiger partial charge < -0.3 is 10.6 Å². The smallest absolute Gasteiger partial charge is 0.249 e. The molecule has 0 fully saturated rings. The second-order valence-corrected chi connectivity index (χ2v) is 6.33. The van der Waals surface area contributed by atoms with Crippen molar-refractivity contribution in [3.8, 4) is 0 Å². The predicted molar refractivity (Wildman–Crippen MR) is 102 cm³/mol. The van der Waals surface area contributed by atoms with Crippen LogP contribution in [0.4, 0.5) is 21.8 Å². The minimum Gasteiger partial charge on any atom is -0.368 e. The zero-order valence-corrected chi connectivity index (χ0v) is 15.2. The topological polar surface area (TPSA) is 62.7 Å². The Morgan fingerprint density at radius 2 is 1.77 bits per heavy atom. The first-order valence-electron chi connectivity index (χ1n) is 8.55. The van der Waals surface area contributed by atoms with Crippen LogP contribution in [0.25, 0.3) is 0 Å². The maximum absolute atomic E-state index is 13.7. The fourth-order valence-electron chi connectivity index (χ4n) is 2.96. The number of rotatable bonds is 6. The van der Waals surface area contributed by atoms with Gasteiger partial charge in [0.1, 0.15) is 5.82 Å². The van der Waals surface area contributed by atoms with Crippen molar-refractivity contribution in [3.63, 3.8) is 0 Å². The number of hydrogen-bond acceptors (Lipinski definition) is 5. The third-order valence-corrected chi connectivity index (χ3v) is 4.13. The third-order valence-electron chi connectivity index (χ3n) is 4.13. The van der Waals surface area contributed by atoms with E-state index >= 15 is 0 Å². The van der Waals surface area contributed by atoms with E-state index in [0.717, 1.165) is 16.8 Å². The molecule has 0 unspecified atom stereocenters. The lowest BCUT2D eigenvalue weighted by molar-refractivity contribution is 0.610. The predicted octanol–water partition coefficient (Wildman–Crippen LogP) is 4.33. The number of hydrogen-bond donors (Lipinski definition) is 2. The van der Waals surface area contributed by atoms with E-state index in [4.69, 9.17) is 0 Å². The molecule has 0 aliphatic carbocycles. The Morgan fingerprint density at radius 1 is 1.04 bits per heavy atom. The van der Waals surface area contributed by atoms with Crippen molar-refractivity contribution in [1.82, 2.24) is 15.2 Å². The molecule has 26 heavy (non-hydrogen) atoms. The monoisotopic (exact) mass is 351 g/mol. The van der Waals surface area contributed by atoms with E-state index in [2.05, 4.69) is 44.9 Å². The molecular weight excluding hydrogens is 329 g/mol. The second kappa shape index (κ2) is 7.91. The molecule has 0 bridgehead atoms. The summed E-state index contributed by atoms with van der Waals surface area (Å²) >= 11 is 0. The average molecular weight is 351 g/mol. The lowest BCUT2D eigenvalue weighted by Crippen LogP contribution is -2.10. The Labute approximate surface area is 152 Å². The fourth-order valence-corrected chi connectivity index (χ4v) is 2.96. The van der Waals surface area contributed by atoms with Crippen molar-refractivity contribution in [2.45, 2.75) is 27.2 Å². The molecule has 2 aromatic carbocycles. The van der Waals surface area contributed by atoms with Gasteiger partial charge in [0.05, 0.1) is 6.20 Å². The minimum absolute atomic E-state index is 0.192. The SMILES string of the molecule is Cc1cc(C)c(Nc2nncc(NCCc3ccccc3F)n2)c(C)c1. The van der Waals surface area contributed by atoms with Crippen LogP contribution < -0.4 is 10.6 Å². The normalized spacial score (nSPS) is 10.6. The molecule has 1 aromatic heterocycles. The molecule has 0 spiro atoms. The van der Waals surface area contributed by atoms with Crippen molar-refractivity contribution in [3.05, 3.63) is 70.7 Å². The Balaban J connectivity index is 1.66. The zero-order valence-electron chi connectivity index (χ0n) is 15.2. The summed E-state index contributed by atoms with van der Waals surface area (Å²) in [7, 11) is 0. The molecule has 0 saturated carbocycles. The molecule has 0 amide bonds. The van der Waals surface area contributed by atoms with E-state index in [0.29, 0.717) is 30.3 Å². The van der Waals surface area contributed by atoms with E-state index in [1.54, 1.807) is 18.3 Å². The molecule has 3 rings (SSSR count). The van der Waals surface area contributed by atoms with Gasteiger partial charge in [0, 0.05) is 12.2 Å². The molecule has 0 aliphatic heterocycles. The van der Waals surface area contributed by atoms with Crippen LogP contribution in [0.5, 0.6) is 0 Å². The Hall–Kier alpha value is -3.02. The standard InChI is InChI=1S/C20H22FN5/c1-13-10-14(2)19(15(3)11-13)25-20-24-18(12-23-26-20)22-9-8-16-6-4-5-7-17(16)21/h4-7,10-12H,8-9H2,1-3H3,(H2,22,24,25,26). The number of benzene rings is 2. The lowest BCUT2D eigenvalue weighted by Gasteiger charge is -2.13. The van der Waals surface area contributed by atoms with Gasteiger partial charge in [-0.15, -0.1) is 5.10 Å². The lowest BCUT2D eigenvalue weighted by atomic mass is 10.1. The molecule has 5 nitrogen and oxygen atoms in total. The largest absolute Gasteiger partial charge is 0.368 e. The molecule has 6 heteroatoms. The van der Waals surface area contributed by atoms with E-state index in [1.165, 1.54) is 11.6 Å². The molecule has 0 atom stereocenters. The average Bonchev–Trinajstić information content (AvgIpc) is 2.60. The molecule has 0 saturated heterocycles. The Kier molecular flexibility index (Phi) is 5.41. The van der Waals surface area contributed by atoms with Crippen molar-refractivity contribution in [2.24, 2.45) is 0 Å². The fraction of sp³-hybridized carbons (Fsp3) is 0.250. The molecule has 3 aromatic rings. The van der Waals surface area contributed by atoms with Gasteiger partial charge in [-0.3, -0.25) is 0 Å². The van der Waals surface area contributed by atoms with E-state index < -0.39 is 0 Å². The van der Waals surface area contributed by atoms with Crippen LogP contribution in [0.3, 0.4) is 0 Å². The van der Waals surface area contributed by atoms with Crippen molar-refractivity contribution >= 4 is 17.5 Å². The van der Waals surface area contributed by atoms with Crippen molar-refractivity contribution < 1.29 is 4.39 Å². The van der Waals surface area contributed by atoms with Crippen LogP contribution in [0.2, 0.25) is 0 Å². The van der Waals surface area contributed by atoms with Gasteiger partial charge in [0.25, 0.3) is 0 Å². The van der Waals surface area contributed by atoms with Gasteiger partial charge in [0.15, 0.2) is 5.82 Å². The summed E-state index contributed by atoms with van der Waals surface area (Å²) in [6, 6.07) is 11.0. The number of aryl methyl sites for hydroxylation is 3. The van der Waals surface area contributed by atoms with Crippen molar-refractivity contribution in [2.75, 3.05) is 17.2 Å². The summed E-state index contributed by atoms with van der Waals surface area (Å²) in [5.41, 5.74) is 5.13. The first kappa shape index (κ1) is 17.8. The summed E-state index contributed by atoms with van der Waals surface area (Å²) in [5, 5.41) is 14.4. The van der Waals surface area contributed by atoms with Crippen LogP contribution in [-0.4, -0.2) is 21.7 Å². The molecule has 1 heterocycles. The summed E-state index contributed by atoms with van der Waals surface area (Å²) in [4.78, 5) is 4.44.